The Labute approximate surface area is 111 Å². The molecule has 4 heteroatoms. The van der Waals surface area contributed by atoms with Gasteiger partial charge in [0.2, 0.25) is 0 Å². The van der Waals surface area contributed by atoms with Crippen molar-refractivity contribution >= 4 is 23.2 Å². The number of hydrogen-bond donors (Lipinski definition) is 0. The summed E-state index contributed by atoms with van der Waals surface area (Å²) >= 11 is 0. The van der Waals surface area contributed by atoms with Crippen molar-refractivity contribution in [2.24, 2.45) is 0 Å². The molecule has 0 bridgehead atoms. The molecule has 0 aliphatic rings. The molecule has 1 heterocycles. The highest BCUT2D eigenvalue weighted by molar-refractivity contribution is 5.98. The molecule has 96 valence electrons. The molecule has 0 saturated carbocycles. The van der Waals surface area contributed by atoms with E-state index in [0.29, 0.717) is 5.56 Å². The quantitative estimate of drug-likeness (QED) is 0.478. The van der Waals surface area contributed by atoms with Gasteiger partial charge < -0.3 is 9.30 Å². The molecule has 1 atom stereocenters. The Balaban J connectivity index is 2.42. The molecule has 1 aromatic heterocycles. The van der Waals surface area contributed by atoms with Gasteiger partial charge in [-0.1, -0.05) is 24.1 Å². The Hall–Kier alpha value is -2.54. The van der Waals surface area contributed by atoms with Crippen molar-refractivity contribution in [1.82, 2.24) is 4.57 Å². The molecule has 0 aliphatic carbocycles. The second-order valence-electron chi connectivity index (χ2n) is 4.11. The van der Waals surface area contributed by atoms with Crippen molar-refractivity contribution in [1.29, 1.82) is 0 Å². The number of ether oxygens (including phenoxy) is 1. The average molecular weight is 255 g/mol. The van der Waals surface area contributed by atoms with E-state index in [-0.39, 0.29) is 6.61 Å². The number of hydrogen-bond acceptors (Lipinski definition) is 3. The lowest BCUT2D eigenvalue weighted by Gasteiger charge is -2.13. The van der Waals surface area contributed by atoms with Crippen LogP contribution in [0.25, 0.3) is 10.9 Å². The maximum absolute atomic E-state index is 11.8. The highest BCUT2D eigenvalue weighted by Crippen LogP contribution is 2.24. The first-order valence-electron chi connectivity index (χ1n) is 5.84. The molecule has 2 rings (SSSR count). The van der Waals surface area contributed by atoms with E-state index in [0.717, 1.165) is 17.2 Å². The molecule has 2 aromatic rings. The summed E-state index contributed by atoms with van der Waals surface area (Å²) in [4.78, 5) is 22.9. The fraction of sp³-hybridized carbons (Fsp3) is 0.200. The molecule has 0 aliphatic heterocycles. The van der Waals surface area contributed by atoms with Crippen molar-refractivity contribution < 1.29 is 14.3 Å². The third kappa shape index (κ3) is 2.36. The zero-order chi connectivity index (χ0) is 13.8. The number of aromatic nitrogens is 1. The van der Waals surface area contributed by atoms with Crippen LogP contribution >= 0.6 is 0 Å². The summed E-state index contributed by atoms with van der Waals surface area (Å²) in [7, 11) is 0. The van der Waals surface area contributed by atoms with E-state index < -0.39 is 12.0 Å². The van der Waals surface area contributed by atoms with Crippen LogP contribution in [0.2, 0.25) is 0 Å². The standard InChI is InChI=1S/C15H13NO3/c1-3-8-19-15(18)11(2)16-9-12(10-17)13-6-4-5-7-14(13)16/h1,4-7,9-11H,8H2,2H3. The molecule has 1 unspecified atom stereocenters. The van der Waals surface area contributed by atoms with Crippen molar-refractivity contribution in [2.75, 3.05) is 6.61 Å². The number of fused-ring (bicyclic) bond motifs is 1. The van der Waals surface area contributed by atoms with Gasteiger partial charge >= 0.3 is 5.97 Å². The van der Waals surface area contributed by atoms with Gasteiger partial charge in [0.25, 0.3) is 0 Å². The number of aldehydes is 1. The van der Waals surface area contributed by atoms with Crippen LogP contribution in [-0.2, 0) is 9.53 Å². The molecule has 0 radical (unpaired) electrons. The molecule has 0 amide bonds. The van der Waals surface area contributed by atoms with Crippen molar-refractivity contribution in [3.63, 3.8) is 0 Å². The van der Waals surface area contributed by atoms with Gasteiger partial charge in [0, 0.05) is 22.7 Å². The summed E-state index contributed by atoms with van der Waals surface area (Å²) in [6, 6.07) is 6.86. The van der Waals surface area contributed by atoms with Gasteiger partial charge in [-0.25, -0.2) is 4.79 Å². The van der Waals surface area contributed by atoms with Gasteiger partial charge in [-0.05, 0) is 13.0 Å². The first kappa shape index (κ1) is 12.9. The Morgan fingerprint density at radius 2 is 2.26 bits per heavy atom. The number of terminal acetylenes is 1. The Kier molecular flexibility index (Phi) is 3.67. The van der Waals surface area contributed by atoms with Crippen LogP contribution in [0.3, 0.4) is 0 Å². The highest BCUT2D eigenvalue weighted by atomic mass is 16.5. The number of nitrogens with zero attached hydrogens (tertiary/aromatic N) is 1. The smallest absolute Gasteiger partial charge is 0.329 e. The van der Waals surface area contributed by atoms with Gasteiger partial charge in [-0.3, -0.25) is 4.79 Å². The molecule has 0 saturated heterocycles. The molecule has 4 nitrogen and oxygen atoms in total. The molecule has 19 heavy (non-hydrogen) atoms. The number of esters is 1. The van der Waals surface area contributed by atoms with Crippen LogP contribution in [0, 0.1) is 12.3 Å². The fourth-order valence-corrected chi connectivity index (χ4v) is 1.99. The van der Waals surface area contributed by atoms with E-state index in [9.17, 15) is 9.59 Å². The second-order valence-corrected chi connectivity index (χ2v) is 4.11. The van der Waals surface area contributed by atoms with Crippen molar-refractivity contribution in [3.05, 3.63) is 36.0 Å². The average Bonchev–Trinajstić information content (AvgIpc) is 2.82. The zero-order valence-electron chi connectivity index (χ0n) is 10.5. The number of para-hydroxylation sites is 1. The summed E-state index contributed by atoms with van der Waals surface area (Å²) in [5.74, 6) is 1.83. The largest absolute Gasteiger partial charge is 0.451 e. The minimum absolute atomic E-state index is 0.0527. The molecule has 0 N–H and O–H groups in total. The number of carbonyl (C=O) groups is 2. The summed E-state index contributed by atoms with van der Waals surface area (Å²) < 4.78 is 6.64. The van der Waals surface area contributed by atoms with Gasteiger partial charge in [0.05, 0.1) is 0 Å². The summed E-state index contributed by atoms with van der Waals surface area (Å²) in [5, 5.41) is 0.814. The Morgan fingerprint density at radius 1 is 1.53 bits per heavy atom. The van der Waals surface area contributed by atoms with E-state index in [4.69, 9.17) is 11.2 Å². The topological polar surface area (TPSA) is 48.3 Å². The minimum atomic E-state index is -0.535. The van der Waals surface area contributed by atoms with E-state index in [2.05, 4.69) is 5.92 Å². The lowest BCUT2D eigenvalue weighted by molar-refractivity contribution is -0.145. The number of benzene rings is 1. The van der Waals surface area contributed by atoms with Gasteiger partial charge in [-0.2, -0.15) is 0 Å². The SMILES string of the molecule is C#CCOC(=O)C(C)n1cc(C=O)c2ccccc21. The predicted octanol–water partition coefficient (Wildman–Crippen LogP) is 2.19. The minimum Gasteiger partial charge on any atom is -0.451 e. The van der Waals surface area contributed by atoms with Gasteiger partial charge in [-0.15, -0.1) is 6.42 Å². The van der Waals surface area contributed by atoms with Crippen molar-refractivity contribution in [2.45, 2.75) is 13.0 Å². The van der Waals surface area contributed by atoms with Gasteiger partial charge in [0.15, 0.2) is 12.9 Å². The first-order valence-corrected chi connectivity index (χ1v) is 5.84. The van der Waals surface area contributed by atoms with E-state index in [1.807, 2.05) is 24.3 Å². The van der Waals surface area contributed by atoms with Gasteiger partial charge in [0.1, 0.15) is 6.04 Å². The molecule has 0 fully saturated rings. The monoisotopic (exact) mass is 255 g/mol. The number of carbonyl (C=O) groups excluding carboxylic acids is 2. The van der Waals surface area contributed by atoms with Crippen LogP contribution in [0.15, 0.2) is 30.5 Å². The Bertz CT molecular complexity index is 664. The lowest BCUT2D eigenvalue weighted by Crippen LogP contribution is -2.18. The lowest BCUT2D eigenvalue weighted by atomic mass is 10.2. The summed E-state index contributed by atoms with van der Waals surface area (Å²) in [6.07, 6.45) is 7.48. The zero-order valence-corrected chi connectivity index (χ0v) is 10.5. The maximum atomic E-state index is 11.8. The molecule has 0 spiro atoms. The first-order chi connectivity index (χ1) is 9.19. The van der Waals surface area contributed by atoms with Crippen LogP contribution in [0.5, 0.6) is 0 Å². The normalized spacial score (nSPS) is 11.8. The van der Waals surface area contributed by atoms with Crippen LogP contribution < -0.4 is 0 Å². The van der Waals surface area contributed by atoms with Crippen LogP contribution in [0.4, 0.5) is 0 Å². The number of rotatable bonds is 4. The highest BCUT2D eigenvalue weighted by Gasteiger charge is 2.19. The molecular formula is C15H13NO3. The van der Waals surface area contributed by atoms with Crippen molar-refractivity contribution in [3.8, 4) is 12.3 Å². The molecule has 1 aromatic carbocycles. The third-order valence-corrected chi connectivity index (χ3v) is 2.95. The maximum Gasteiger partial charge on any atom is 0.329 e. The Morgan fingerprint density at radius 3 is 2.95 bits per heavy atom. The van der Waals surface area contributed by atoms with Crippen LogP contribution in [-0.4, -0.2) is 23.4 Å². The van der Waals surface area contributed by atoms with E-state index in [1.54, 1.807) is 17.7 Å². The summed E-state index contributed by atoms with van der Waals surface area (Å²) in [5.41, 5.74) is 1.36. The summed E-state index contributed by atoms with van der Waals surface area (Å²) in [6.45, 7) is 1.66. The van der Waals surface area contributed by atoms with Crippen LogP contribution in [0.1, 0.15) is 23.3 Å². The predicted molar refractivity (Wildman–Crippen MR) is 71.8 cm³/mol. The molecular weight excluding hydrogens is 242 g/mol. The third-order valence-electron chi connectivity index (χ3n) is 2.95. The van der Waals surface area contributed by atoms with E-state index in [1.165, 1.54) is 0 Å². The fourth-order valence-electron chi connectivity index (χ4n) is 1.99. The second kappa shape index (κ2) is 5.40. The van der Waals surface area contributed by atoms with E-state index >= 15 is 0 Å².